The Hall–Kier alpha value is -3.88. The van der Waals surface area contributed by atoms with E-state index < -0.39 is 11.7 Å². The summed E-state index contributed by atoms with van der Waals surface area (Å²) in [6.07, 6.45) is -0.656. The monoisotopic (exact) mass is 464 g/mol. The van der Waals surface area contributed by atoms with Gasteiger partial charge in [0.1, 0.15) is 0 Å². The average molecular weight is 464 g/mol. The largest absolute Gasteiger partial charge is 0.416 e. The minimum atomic E-state index is -4.35. The first kappa shape index (κ1) is 21.9. The van der Waals surface area contributed by atoms with E-state index >= 15 is 0 Å². The number of hydrogen-bond acceptors (Lipinski definition) is 5. The zero-order valence-electron chi connectivity index (χ0n) is 18.6. The molecule has 0 aliphatic carbocycles. The zero-order chi connectivity index (χ0) is 23.7. The molecule has 9 heteroatoms. The zero-order valence-corrected chi connectivity index (χ0v) is 18.6. The second kappa shape index (κ2) is 8.81. The minimum Gasteiger partial charge on any atom is -0.368 e. The van der Waals surface area contributed by atoms with Crippen LogP contribution < -0.4 is 9.80 Å². The minimum absolute atomic E-state index is 0.577. The summed E-state index contributed by atoms with van der Waals surface area (Å²) in [6, 6.07) is 17.2. The molecule has 1 saturated heterocycles. The van der Waals surface area contributed by atoms with E-state index in [2.05, 4.69) is 15.0 Å². The predicted octanol–water partition coefficient (Wildman–Crippen LogP) is 4.98. The molecule has 0 saturated carbocycles. The highest BCUT2D eigenvalue weighted by molar-refractivity contribution is 5.63. The van der Waals surface area contributed by atoms with E-state index in [1.165, 1.54) is 12.1 Å². The molecule has 34 heavy (non-hydrogen) atoms. The molecule has 1 fully saturated rings. The quantitative estimate of drug-likeness (QED) is 0.426. The third-order valence-electron chi connectivity index (χ3n) is 5.94. The van der Waals surface area contributed by atoms with E-state index in [1.54, 1.807) is 12.3 Å². The number of nitrogens with zero attached hydrogens (tertiary/aromatic N) is 6. The Kier molecular flexibility index (Phi) is 5.69. The van der Waals surface area contributed by atoms with Gasteiger partial charge >= 0.3 is 6.18 Å². The van der Waals surface area contributed by atoms with Crippen LogP contribution >= 0.6 is 0 Å². The molecule has 174 valence electrons. The van der Waals surface area contributed by atoms with Gasteiger partial charge in [-0.15, -0.1) is 0 Å². The van der Waals surface area contributed by atoms with Gasteiger partial charge in [0, 0.05) is 49.8 Å². The second-order valence-corrected chi connectivity index (χ2v) is 8.17. The molecule has 1 aliphatic rings. The smallest absolute Gasteiger partial charge is 0.368 e. The number of hydrogen-bond donors (Lipinski definition) is 0. The molecule has 0 unspecified atom stereocenters. The summed E-state index contributed by atoms with van der Waals surface area (Å²) in [6.45, 7) is 4.34. The molecule has 6 nitrogen and oxygen atoms in total. The van der Waals surface area contributed by atoms with E-state index in [1.807, 2.05) is 59.1 Å². The van der Waals surface area contributed by atoms with Crippen LogP contribution in [0.4, 0.5) is 24.8 Å². The maximum atomic E-state index is 13.1. The highest BCUT2D eigenvalue weighted by Crippen LogP contribution is 2.32. The SMILES string of the molecule is Cc1nn(-c2ccccc2)cc1-c1ccnc(N2CCN(c3cccc(C(F)(F)F)c3)CC2)n1. The topological polar surface area (TPSA) is 50.1 Å². The highest BCUT2D eigenvalue weighted by atomic mass is 19.4. The Morgan fingerprint density at radius 2 is 1.53 bits per heavy atom. The van der Waals surface area contributed by atoms with Crippen LogP contribution in [0, 0.1) is 6.92 Å². The van der Waals surface area contributed by atoms with Crippen molar-refractivity contribution >= 4 is 11.6 Å². The standard InChI is InChI=1S/C25H23F3N6/c1-18-22(17-34(31-18)20-7-3-2-4-8-20)23-10-11-29-24(30-23)33-14-12-32(13-15-33)21-9-5-6-19(16-21)25(26,27)28/h2-11,16-17H,12-15H2,1H3. The summed E-state index contributed by atoms with van der Waals surface area (Å²) >= 11 is 0. The van der Waals surface area contributed by atoms with Crippen LogP contribution in [0.1, 0.15) is 11.3 Å². The fraction of sp³-hybridized carbons (Fsp3) is 0.240. The Bertz CT molecular complexity index is 1280. The molecule has 2 aromatic carbocycles. The molecule has 0 atom stereocenters. The molecule has 0 spiro atoms. The molecule has 5 rings (SSSR count). The van der Waals surface area contributed by atoms with Crippen molar-refractivity contribution in [2.24, 2.45) is 0 Å². The van der Waals surface area contributed by atoms with Gasteiger partial charge in [-0.05, 0) is 43.3 Å². The normalized spacial score (nSPS) is 14.5. The van der Waals surface area contributed by atoms with Gasteiger partial charge in [0.15, 0.2) is 0 Å². The summed E-state index contributed by atoms with van der Waals surface area (Å²) in [7, 11) is 0. The van der Waals surface area contributed by atoms with Crippen molar-refractivity contribution in [1.82, 2.24) is 19.7 Å². The Morgan fingerprint density at radius 1 is 0.824 bits per heavy atom. The van der Waals surface area contributed by atoms with E-state index in [9.17, 15) is 13.2 Å². The van der Waals surface area contributed by atoms with Crippen LogP contribution in [0.2, 0.25) is 0 Å². The van der Waals surface area contributed by atoms with Gasteiger partial charge in [-0.25, -0.2) is 14.6 Å². The molecule has 4 aromatic rings. The first-order chi connectivity index (χ1) is 16.4. The van der Waals surface area contributed by atoms with Crippen LogP contribution in [-0.2, 0) is 6.18 Å². The van der Waals surface area contributed by atoms with Gasteiger partial charge in [0.05, 0.1) is 22.6 Å². The van der Waals surface area contributed by atoms with Crippen molar-refractivity contribution < 1.29 is 13.2 Å². The molecular weight excluding hydrogens is 441 g/mol. The summed E-state index contributed by atoms with van der Waals surface area (Å²) in [5.74, 6) is 0.605. The number of benzene rings is 2. The Balaban J connectivity index is 1.32. The number of alkyl halides is 3. The van der Waals surface area contributed by atoms with Gasteiger partial charge in [0.2, 0.25) is 5.95 Å². The number of halogens is 3. The summed E-state index contributed by atoms with van der Waals surface area (Å²) in [4.78, 5) is 13.2. The van der Waals surface area contributed by atoms with Gasteiger partial charge < -0.3 is 9.80 Å². The van der Waals surface area contributed by atoms with Crippen LogP contribution in [0.5, 0.6) is 0 Å². The van der Waals surface area contributed by atoms with E-state index in [0.717, 1.165) is 28.7 Å². The number of aryl methyl sites for hydroxylation is 1. The Morgan fingerprint density at radius 3 is 2.26 bits per heavy atom. The number of para-hydroxylation sites is 1. The van der Waals surface area contributed by atoms with Crippen molar-refractivity contribution in [3.8, 4) is 16.9 Å². The lowest BCUT2D eigenvalue weighted by molar-refractivity contribution is -0.137. The second-order valence-electron chi connectivity index (χ2n) is 8.17. The van der Waals surface area contributed by atoms with Crippen molar-refractivity contribution in [1.29, 1.82) is 0 Å². The van der Waals surface area contributed by atoms with Crippen molar-refractivity contribution in [2.75, 3.05) is 36.0 Å². The lowest BCUT2D eigenvalue weighted by Crippen LogP contribution is -2.47. The van der Waals surface area contributed by atoms with Gasteiger partial charge in [-0.2, -0.15) is 18.3 Å². The van der Waals surface area contributed by atoms with E-state index in [4.69, 9.17) is 4.98 Å². The number of anilines is 2. The summed E-state index contributed by atoms with van der Waals surface area (Å²) in [5.41, 5.74) is 3.49. The first-order valence-electron chi connectivity index (χ1n) is 11.0. The van der Waals surface area contributed by atoms with Crippen LogP contribution in [0.15, 0.2) is 73.1 Å². The third kappa shape index (κ3) is 4.46. The first-order valence-corrected chi connectivity index (χ1v) is 11.0. The number of aromatic nitrogens is 4. The molecule has 0 N–H and O–H groups in total. The summed E-state index contributed by atoms with van der Waals surface area (Å²) < 4.78 is 41.1. The van der Waals surface area contributed by atoms with Gasteiger partial charge in [-0.1, -0.05) is 24.3 Å². The highest BCUT2D eigenvalue weighted by Gasteiger charge is 2.31. The maximum absolute atomic E-state index is 13.1. The molecule has 3 heterocycles. The molecule has 0 bridgehead atoms. The number of piperazine rings is 1. The molecule has 0 amide bonds. The fourth-order valence-electron chi connectivity index (χ4n) is 4.12. The van der Waals surface area contributed by atoms with E-state index in [-0.39, 0.29) is 0 Å². The lowest BCUT2D eigenvalue weighted by Gasteiger charge is -2.36. The third-order valence-corrected chi connectivity index (χ3v) is 5.94. The molecule has 1 aliphatic heterocycles. The predicted molar refractivity (Wildman–Crippen MR) is 125 cm³/mol. The molecule has 0 radical (unpaired) electrons. The van der Waals surface area contributed by atoms with Crippen LogP contribution in [-0.4, -0.2) is 45.9 Å². The number of rotatable bonds is 4. The van der Waals surface area contributed by atoms with Crippen molar-refractivity contribution in [3.05, 3.63) is 84.3 Å². The van der Waals surface area contributed by atoms with Gasteiger partial charge in [-0.3, -0.25) is 0 Å². The van der Waals surface area contributed by atoms with Crippen LogP contribution in [0.25, 0.3) is 16.9 Å². The van der Waals surface area contributed by atoms with Crippen LogP contribution in [0.3, 0.4) is 0 Å². The Labute approximate surface area is 195 Å². The molecule has 2 aromatic heterocycles. The fourth-order valence-corrected chi connectivity index (χ4v) is 4.12. The summed E-state index contributed by atoms with van der Waals surface area (Å²) in [5, 5.41) is 4.62. The van der Waals surface area contributed by atoms with E-state index in [0.29, 0.717) is 37.8 Å². The lowest BCUT2D eigenvalue weighted by atomic mass is 10.1. The maximum Gasteiger partial charge on any atom is 0.416 e. The average Bonchev–Trinajstić information content (AvgIpc) is 3.26. The van der Waals surface area contributed by atoms with Crippen molar-refractivity contribution in [2.45, 2.75) is 13.1 Å². The van der Waals surface area contributed by atoms with Crippen molar-refractivity contribution in [3.63, 3.8) is 0 Å². The van der Waals surface area contributed by atoms with Gasteiger partial charge in [0.25, 0.3) is 0 Å². The molecular formula is C25H23F3N6.